The minimum atomic E-state index is -4.47. The summed E-state index contributed by atoms with van der Waals surface area (Å²) >= 11 is 9.28. The number of thiol groups is 1. The summed E-state index contributed by atoms with van der Waals surface area (Å²) in [5, 5.41) is 22.6. The van der Waals surface area contributed by atoms with Gasteiger partial charge in [0.25, 0.3) is 11.1 Å². The van der Waals surface area contributed by atoms with Gasteiger partial charge in [-0.05, 0) is 11.8 Å². The number of aromatic nitrogens is 8. The van der Waals surface area contributed by atoms with Crippen molar-refractivity contribution in [3.63, 3.8) is 0 Å². The molecule has 0 spiro atoms. The summed E-state index contributed by atoms with van der Waals surface area (Å²) in [4.78, 5) is 56.2. The Balaban J connectivity index is 1.18. The van der Waals surface area contributed by atoms with E-state index in [1.807, 2.05) is 0 Å². The normalized spacial score (nSPS) is 37.1. The molecule has 8 unspecified atom stereocenters. The molecule has 0 amide bonds. The molecule has 3 fully saturated rings. The summed E-state index contributed by atoms with van der Waals surface area (Å²) in [5.41, 5.74) is 9.79. The van der Waals surface area contributed by atoms with Gasteiger partial charge >= 0.3 is 13.5 Å². The number of imidazole rings is 2. The Morgan fingerprint density at radius 3 is 2.04 bits per heavy atom. The molecular formula is C20H24N10O12P2S2. The first kappa shape index (κ1) is 31.8. The summed E-state index contributed by atoms with van der Waals surface area (Å²) in [6, 6.07) is 0. The van der Waals surface area contributed by atoms with Gasteiger partial charge in [0.1, 0.15) is 36.6 Å². The molecule has 3 aliphatic heterocycles. The van der Waals surface area contributed by atoms with Gasteiger partial charge < -0.3 is 40.6 Å². The third-order valence-corrected chi connectivity index (χ3v) is 10.5. The first-order chi connectivity index (χ1) is 21.7. The molecule has 4 aromatic heterocycles. The molecule has 3 saturated heterocycles. The fraction of sp³-hybridized carbons (Fsp3) is 0.500. The number of fused-ring (bicyclic) bond motifs is 4. The highest BCUT2D eigenvalue weighted by Crippen LogP contribution is 2.60. The van der Waals surface area contributed by atoms with Crippen LogP contribution in [0.3, 0.4) is 0 Å². The zero-order valence-electron chi connectivity index (χ0n) is 22.8. The number of aromatic amines is 2. The number of nitrogen functional groups attached to an aromatic ring is 2. The molecule has 46 heavy (non-hydrogen) atoms. The van der Waals surface area contributed by atoms with Crippen molar-refractivity contribution in [2.45, 2.75) is 49.1 Å². The predicted molar refractivity (Wildman–Crippen MR) is 160 cm³/mol. The number of nitrogens with zero attached hydrogens (tertiary/aromatic N) is 6. The highest BCUT2D eigenvalue weighted by atomic mass is 32.7. The number of hydrogen-bond donors (Lipinski definition) is 8. The van der Waals surface area contributed by atoms with E-state index in [9.17, 15) is 29.3 Å². The summed E-state index contributed by atoms with van der Waals surface area (Å²) in [6.07, 6.45) is -9.45. The smallest absolute Gasteiger partial charge is 0.386 e. The molecule has 9 N–H and O–H groups in total. The number of anilines is 2. The van der Waals surface area contributed by atoms with Crippen molar-refractivity contribution in [1.29, 1.82) is 0 Å². The zero-order valence-corrected chi connectivity index (χ0v) is 26.3. The first-order valence-corrected chi connectivity index (χ1v) is 18.4. The van der Waals surface area contributed by atoms with Gasteiger partial charge in [0.15, 0.2) is 34.8 Å². The Hall–Kier alpha value is -2.83. The molecule has 0 radical (unpaired) electrons. The summed E-state index contributed by atoms with van der Waals surface area (Å²) in [7, 11) is 0. The van der Waals surface area contributed by atoms with Gasteiger partial charge in [0.2, 0.25) is 11.9 Å². The van der Waals surface area contributed by atoms with Crippen molar-refractivity contribution >= 4 is 71.8 Å². The van der Waals surface area contributed by atoms with Crippen LogP contribution in [0.15, 0.2) is 22.2 Å². The Kier molecular flexibility index (Phi) is 7.87. The van der Waals surface area contributed by atoms with E-state index in [1.165, 1.54) is 21.8 Å². The van der Waals surface area contributed by atoms with E-state index >= 15 is 0 Å². The van der Waals surface area contributed by atoms with Crippen molar-refractivity contribution in [2.75, 3.05) is 24.7 Å². The van der Waals surface area contributed by atoms with E-state index in [4.69, 9.17) is 50.8 Å². The lowest BCUT2D eigenvalue weighted by molar-refractivity contribution is -0.199. The number of H-pyrrole nitrogens is 2. The molecule has 4 aromatic rings. The first-order valence-electron chi connectivity index (χ1n) is 13.1. The molecular weight excluding hydrogens is 698 g/mol. The zero-order chi connectivity index (χ0) is 32.7. The average Bonchev–Trinajstić information content (AvgIpc) is 3.65. The molecule has 0 aliphatic carbocycles. The summed E-state index contributed by atoms with van der Waals surface area (Å²) < 4.78 is 50.2. The quantitative estimate of drug-likeness (QED) is 0.0820. The Morgan fingerprint density at radius 2 is 1.43 bits per heavy atom. The molecule has 0 saturated carbocycles. The molecule has 22 nitrogen and oxygen atoms in total. The minimum absolute atomic E-state index is 0.0356. The van der Waals surface area contributed by atoms with Gasteiger partial charge in [-0.25, -0.2) is 14.5 Å². The summed E-state index contributed by atoms with van der Waals surface area (Å²) in [6.45, 7) is -9.76. The number of aliphatic hydroxyl groups excluding tert-OH is 2. The molecule has 0 bridgehead atoms. The van der Waals surface area contributed by atoms with Gasteiger partial charge in [-0.3, -0.25) is 42.3 Å². The molecule has 248 valence electrons. The minimum Gasteiger partial charge on any atom is -0.386 e. The van der Waals surface area contributed by atoms with Crippen LogP contribution in [0.1, 0.15) is 12.5 Å². The summed E-state index contributed by atoms with van der Waals surface area (Å²) in [5.74, 6) is -0.450. The van der Waals surface area contributed by atoms with Crippen LogP contribution in [-0.4, -0.2) is 104 Å². The van der Waals surface area contributed by atoms with E-state index in [-0.39, 0.29) is 34.2 Å². The molecule has 0 aromatic carbocycles. The number of nitrogens with one attached hydrogen (secondary N) is 2. The fourth-order valence-corrected chi connectivity index (χ4v) is 8.68. The lowest BCUT2D eigenvalue weighted by Crippen LogP contribution is -2.52. The number of ether oxygens (including phenoxy) is 2. The third kappa shape index (κ3) is 5.57. The van der Waals surface area contributed by atoms with Crippen LogP contribution in [0.4, 0.5) is 11.9 Å². The fourth-order valence-electron chi connectivity index (χ4n) is 5.41. The maximum atomic E-state index is 13.6. The second-order valence-corrected chi connectivity index (χ2v) is 16.0. The Labute approximate surface area is 264 Å². The Morgan fingerprint density at radius 1 is 0.891 bits per heavy atom. The van der Waals surface area contributed by atoms with E-state index in [0.29, 0.717) is 0 Å². The van der Waals surface area contributed by atoms with Crippen molar-refractivity contribution in [3.8, 4) is 0 Å². The second-order valence-electron chi connectivity index (χ2n) is 10.3. The van der Waals surface area contributed by atoms with Crippen molar-refractivity contribution < 1.29 is 47.2 Å². The molecule has 7 heterocycles. The van der Waals surface area contributed by atoms with Crippen molar-refractivity contribution in [3.05, 3.63) is 33.4 Å². The van der Waals surface area contributed by atoms with Crippen LogP contribution in [0.2, 0.25) is 0 Å². The van der Waals surface area contributed by atoms with Gasteiger partial charge in [0.05, 0.1) is 25.9 Å². The third-order valence-electron chi connectivity index (χ3n) is 7.37. The monoisotopic (exact) mass is 722 g/mol. The number of nitrogens with two attached hydrogens (primary N) is 2. The van der Waals surface area contributed by atoms with Crippen LogP contribution in [-0.2, 0) is 43.9 Å². The van der Waals surface area contributed by atoms with Crippen molar-refractivity contribution in [1.82, 2.24) is 39.0 Å². The Bertz CT molecular complexity index is 1960. The van der Waals surface area contributed by atoms with Gasteiger partial charge in [-0.1, -0.05) is 12.2 Å². The van der Waals surface area contributed by atoms with Gasteiger partial charge in [0, 0.05) is 0 Å². The maximum Gasteiger partial charge on any atom is 0.387 e. The van der Waals surface area contributed by atoms with E-state index in [2.05, 4.69) is 42.2 Å². The predicted octanol–water partition coefficient (Wildman–Crippen LogP) is -1.99. The topological polar surface area (TPSA) is 312 Å². The van der Waals surface area contributed by atoms with Crippen LogP contribution in [0.5, 0.6) is 0 Å². The van der Waals surface area contributed by atoms with Crippen LogP contribution in [0, 0.1) is 0 Å². The lowest BCUT2D eigenvalue weighted by Gasteiger charge is -2.41. The molecule has 26 heteroatoms. The molecule has 10 atom stereocenters. The van der Waals surface area contributed by atoms with E-state index in [0.717, 1.165) is 0 Å². The maximum absolute atomic E-state index is 13.6. The largest absolute Gasteiger partial charge is 0.387 e. The van der Waals surface area contributed by atoms with Crippen LogP contribution < -0.4 is 22.6 Å². The van der Waals surface area contributed by atoms with Crippen LogP contribution in [0.25, 0.3) is 22.3 Å². The molecule has 7 rings (SSSR count). The van der Waals surface area contributed by atoms with E-state index < -0.39 is 86.9 Å². The van der Waals surface area contributed by atoms with Crippen LogP contribution >= 0.6 is 25.8 Å². The van der Waals surface area contributed by atoms with Crippen molar-refractivity contribution in [2.24, 2.45) is 0 Å². The number of hydrogen-bond acceptors (Lipinski definition) is 18. The SMILES string of the molecule is Nc1nc2c(ncn2C2O[C@@H]3COP(O)(=S)OC4C(CO[C@@H](n5cnc6c(=O)[nH]c(N)nc65)C4O)OP(=O)(S)OC3C2O)c(=O)[nH]1. The second kappa shape index (κ2) is 11.4. The van der Waals surface area contributed by atoms with E-state index in [1.54, 1.807) is 0 Å². The van der Waals surface area contributed by atoms with Gasteiger partial charge in [-0.2, -0.15) is 9.97 Å². The average molecular weight is 723 g/mol. The highest BCUT2D eigenvalue weighted by molar-refractivity contribution is 8.44. The number of rotatable bonds is 2. The van der Waals surface area contributed by atoms with Gasteiger partial charge in [-0.15, -0.1) is 0 Å². The number of aliphatic hydroxyl groups is 2. The molecule has 3 aliphatic rings. The lowest BCUT2D eigenvalue weighted by atomic mass is 10.0. The standard InChI is InChI=1S/C20H24N10O12P2S2/c21-19-25-13-7(15(33)27-19)23-3-29(13)17-9(31)12-6(1-37-17)40-44(36,46)42-11-5(2-38-43(35,45)41-12)39-18(10(11)32)30-4-24-8-14(30)26-20(22)28-16(8)34/h3-6,9-12,17-18,31-32H,1-2H2,(H,35,45)(H,36,46)(H3,21,25,27,33)(H3,22,26,28,34)/t5-,6?,9?,10?,11?,12?,17-,18?,43?,44?/m1/s1. The highest BCUT2D eigenvalue weighted by Gasteiger charge is 2.53.